The van der Waals surface area contributed by atoms with Crippen LogP contribution in [0.2, 0.25) is 0 Å². The van der Waals surface area contributed by atoms with Gasteiger partial charge in [0, 0.05) is 17.8 Å². The van der Waals surface area contributed by atoms with Crippen LogP contribution < -0.4 is 14.8 Å². The van der Waals surface area contributed by atoms with Gasteiger partial charge in [-0.2, -0.15) is 9.37 Å². The molecule has 0 aliphatic rings. The lowest BCUT2D eigenvalue weighted by Gasteiger charge is -2.19. The van der Waals surface area contributed by atoms with Gasteiger partial charge >= 0.3 is 12.5 Å². The second-order valence-corrected chi connectivity index (χ2v) is 11.5. The monoisotopic (exact) mass is 705 g/mol. The van der Waals surface area contributed by atoms with E-state index in [0.29, 0.717) is 0 Å². The van der Waals surface area contributed by atoms with Gasteiger partial charge in [0.25, 0.3) is 6.36 Å². The molecule has 1 atom stereocenters. The van der Waals surface area contributed by atoms with Crippen LogP contribution in [0.3, 0.4) is 0 Å². The lowest BCUT2D eigenvalue weighted by Crippen LogP contribution is -2.27. The van der Waals surface area contributed by atoms with Crippen molar-refractivity contribution in [3.63, 3.8) is 0 Å². The standard InChI is InChI=1S/C31H25BrF5N5O4/c1-31(2,3)46-30(43)41-17-11-20(34)23(38-13-17)25-22(32)24-26(29(40-15-39-24)45-28(37)27(35)36)42(25)18-9-10-21(19(33)12-18)44-14-16-7-5-4-6-8-16/h4-13,15,27-28H,14H2,1-3H3,(H,41,43). The summed E-state index contributed by atoms with van der Waals surface area (Å²) in [6.07, 6.45) is -5.34. The van der Waals surface area contributed by atoms with Crippen LogP contribution in [-0.2, 0) is 11.3 Å². The van der Waals surface area contributed by atoms with E-state index in [0.717, 1.165) is 30.2 Å². The first-order chi connectivity index (χ1) is 21.8. The molecule has 0 spiro atoms. The van der Waals surface area contributed by atoms with Crippen molar-refractivity contribution in [2.24, 2.45) is 0 Å². The molecular formula is C31H25BrF5N5O4. The topological polar surface area (TPSA) is 100 Å². The van der Waals surface area contributed by atoms with Crippen LogP contribution in [0.1, 0.15) is 26.3 Å². The number of hydrogen-bond donors (Lipinski definition) is 1. The predicted octanol–water partition coefficient (Wildman–Crippen LogP) is 8.39. The van der Waals surface area contributed by atoms with Gasteiger partial charge in [-0.25, -0.2) is 32.3 Å². The molecule has 9 nitrogen and oxygen atoms in total. The third-order valence-electron chi connectivity index (χ3n) is 6.20. The fourth-order valence-electron chi connectivity index (χ4n) is 4.34. The van der Waals surface area contributed by atoms with Gasteiger partial charge in [-0.3, -0.25) is 5.32 Å². The van der Waals surface area contributed by atoms with Crippen molar-refractivity contribution in [3.05, 3.63) is 88.8 Å². The largest absolute Gasteiger partial charge is 0.486 e. The van der Waals surface area contributed by atoms with Crippen molar-refractivity contribution >= 4 is 38.7 Å². The number of carbonyl (C=O) groups is 1. The number of halogens is 6. The first kappa shape index (κ1) is 32.6. The summed E-state index contributed by atoms with van der Waals surface area (Å²) < 4.78 is 88.5. The minimum atomic E-state index is -3.51. The fourth-order valence-corrected chi connectivity index (χ4v) is 5.00. The Morgan fingerprint density at radius 3 is 2.39 bits per heavy atom. The minimum Gasteiger partial charge on any atom is -0.486 e. The minimum absolute atomic E-state index is 0.0107. The van der Waals surface area contributed by atoms with Crippen molar-refractivity contribution in [2.75, 3.05) is 5.32 Å². The Morgan fingerprint density at radius 1 is 1.00 bits per heavy atom. The molecule has 5 aromatic rings. The molecule has 0 aliphatic carbocycles. The maximum atomic E-state index is 15.7. The van der Waals surface area contributed by atoms with E-state index in [4.69, 9.17) is 14.2 Å². The molecule has 3 heterocycles. The van der Waals surface area contributed by atoms with Crippen LogP contribution in [0.25, 0.3) is 28.1 Å². The van der Waals surface area contributed by atoms with Gasteiger partial charge in [-0.1, -0.05) is 30.3 Å². The highest BCUT2D eigenvalue weighted by molar-refractivity contribution is 9.10. The molecule has 2 aromatic carbocycles. The van der Waals surface area contributed by atoms with E-state index in [2.05, 4.69) is 36.2 Å². The Bertz CT molecular complexity index is 1890. The molecule has 5 rings (SSSR count). The summed E-state index contributed by atoms with van der Waals surface area (Å²) in [5.41, 5.74) is -0.666. The highest BCUT2D eigenvalue weighted by Crippen LogP contribution is 2.43. The number of nitrogens with one attached hydrogen (secondary N) is 1. The van der Waals surface area contributed by atoms with Crippen LogP contribution in [0, 0.1) is 11.6 Å². The Labute approximate surface area is 267 Å². The summed E-state index contributed by atoms with van der Waals surface area (Å²) in [7, 11) is 0. The van der Waals surface area contributed by atoms with E-state index in [9.17, 15) is 18.0 Å². The number of amides is 1. The van der Waals surface area contributed by atoms with Gasteiger partial charge in [0.1, 0.15) is 35.3 Å². The second kappa shape index (κ2) is 13.3. The molecule has 15 heteroatoms. The summed E-state index contributed by atoms with van der Waals surface area (Å²) in [4.78, 5) is 24.3. The molecule has 3 aromatic heterocycles. The van der Waals surface area contributed by atoms with Gasteiger partial charge in [0.15, 0.2) is 17.4 Å². The number of anilines is 1. The molecule has 46 heavy (non-hydrogen) atoms. The number of benzene rings is 2. The normalized spacial score (nSPS) is 12.3. The van der Waals surface area contributed by atoms with Crippen LogP contribution in [0.4, 0.5) is 32.4 Å². The van der Waals surface area contributed by atoms with Crippen molar-refractivity contribution in [1.29, 1.82) is 0 Å². The molecule has 1 N–H and O–H groups in total. The fraction of sp³-hybridized carbons (Fsp3) is 0.226. The maximum Gasteiger partial charge on any atom is 0.412 e. The van der Waals surface area contributed by atoms with Crippen LogP contribution in [0.5, 0.6) is 11.6 Å². The zero-order valence-electron chi connectivity index (χ0n) is 24.4. The van der Waals surface area contributed by atoms with Crippen LogP contribution >= 0.6 is 15.9 Å². The molecule has 0 fully saturated rings. The van der Waals surface area contributed by atoms with Crippen molar-refractivity contribution < 1.29 is 41.0 Å². The number of pyridine rings is 1. The van der Waals surface area contributed by atoms with E-state index in [-0.39, 0.29) is 50.6 Å². The van der Waals surface area contributed by atoms with Crippen molar-refractivity contribution in [3.8, 4) is 28.7 Å². The van der Waals surface area contributed by atoms with E-state index in [1.54, 1.807) is 45.0 Å². The van der Waals surface area contributed by atoms with Gasteiger partial charge in [0.05, 0.1) is 22.1 Å². The molecule has 1 amide bonds. The number of aromatic nitrogens is 4. The average Bonchev–Trinajstić information content (AvgIpc) is 3.28. The van der Waals surface area contributed by atoms with E-state index in [1.807, 2.05) is 6.07 Å². The molecule has 1 unspecified atom stereocenters. The summed E-state index contributed by atoms with van der Waals surface area (Å²) in [5.74, 6) is -2.51. The number of ether oxygens (including phenoxy) is 3. The van der Waals surface area contributed by atoms with Crippen LogP contribution in [0.15, 0.2) is 71.6 Å². The summed E-state index contributed by atoms with van der Waals surface area (Å²) in [6, 6.07) is 13.8. The predicted molar refractivity (Wildman–Crippen MR) is 162 cm³/mol. The lowest BCUT2D eigenvalue weighted by molar-refractivity contribution is -0.0683. The molecule has 0 saturated carbocycles. The number of carbonyl (C=O) groups excluding carboxylic acids is 1. The smallest absolute Gasteiger partial charge is 0.412 e. The molecular weight excluding hydrogens is 681 g/mol. The molecule has 0 bridgehead atoms. The quantitative estimate of drug-likeness (QED) is 0.154. The van der Waals surface area contributed by atoms with Crippen molar-refractivity contribution in [2.45, 2.75) is 45.8 Å². The zero-order chi connectivity index (χ0) is 33.2. The third kappa shape index (κ3) is 7.19. The number of hydrogen-bond acceptors (Lipinski definition) is 7. The Hall–Kier alpha value is -4.79. The van der Waals surface area contributed by atoms with Crippen molar-refractivity contribution in [1.82, 2.24) is 19.5 Å². The average molecular weight is 706 g/mol. The van der Waals surface area contributed by atoms with E-state index in [1.165, 1.54) is 16.7 Å². The zero-order valence-corrected chi connectivity index (χ0v) is 26.0. The van der Waals surface area contributed by atoms with Gasteiger partial charge in [-0.15, -0.1) is 0 Å². The first-order valence-corrected chi connectivity index (χ1v) is 14.4. The second-order valence-electron chi connectivity index (χ2n) is 10.7. The SMILES string of the molecule is CC(C)(C)OC(=O)Nc1cnc(-c2c(Br)c3ncnc(OC(F)C(F)F)c3n2-c2ccc(OCc3ccccc3)c(F)c2)c(F)c1. The summed E-state index contributed by atoms with van der Waals surface area (Å²) in [5, 5.41) is 2.38. The maximum absolute atomic E-state index is 15.7. The highest BCUT2D eigenvalue weighted by Gasteiger charge is 2.30. The van der Waals surface area contributed by atoms with Gasteiger partial charge in [0.2, 0.25) is 5.88 Å². The van der Waals surface area contributed by atoms with Gasteiger partial charge in [-0.05, 0) is 54.4 Å². The number of fused-ring (bicyclic) bond motifs is 1. The Morgan fingerprint density at radius 2 is 1.74 bits per heavy atom. The molecule has 0 saturated heterocycles. The van der Waals surface area contributed by atoms with E-state index < -0.39 is 42.0 Å². The van der Waals surface area contributed by atoms with E-state index >= 15 is 8.78 Å². The molecule has 240 valence electrons. The lowest BCUT2D eigenvalue weighted by atomic mass is 10.2. The first-order valence-electron chi connectivity index (χ1n) is 13.6. The highest BCUT2D eigenvalue weighted by atomic mass is 79.9. The Kier molecular flexibility index (Phi) is 9.42. The molecule has 0 aliphatic heterocycles. The number of rotatable bonds is 9. The summed E-state index contributed by atoms with van der Waals surface area (Å²) >= 11 is 3.35. The number of nitrogens with zero attached hydrogens (tertiary/aromatic N) is 4. The Balaban J connectivity index is 1.62. The van der Waals surface area contributed by atoms with Gasteiger partial charge < -0.3 is 18.8 Å². The molecule has 0 radical (unpaired) electrons. The van der Waals surface area contributed by atoms with Crippen LogP contribution in [-0.4, -0.2) is 44.0 Å². The number of alkyl halides is 3. The summed E-state index contributed by atoms with van der Waals surface area (Å²) in [6.45, 7) is 5.03. The third-order valence-corrected chi connectivity index (χ3v) is 6.95.